The minimum Gasteiger partial charge on any atom is -0.342 e. The van der Waals surface area contributed by atoms with Gasteiger partial charge in [-0.15, -0.1) is 0 Å². The fourth-order valence-corrected chi connectivity index (χ4v) is 5.50. The fourth-order valence-electron chi connectivity index (χ4n) is 4.51. The van der Waals surface area contributed by atoms with Gasteiger partial charge in [-0.25, -0.2) is 4.98 Å². The van der Waals surface area contributed by atoms with Crippen molar-refractivity contribution >= 4 is 23.6 Å². The van der Waals surface area contributed by atoms with Gasteiger partial charge >= 0.3 is 0 Å². The number of nitrogens with zero attached hydrogens (tertiary/aromatic N) is 3. The summed E-state index contributed by atoms with van der Waals surface area (Å²) >= 11 is 1.42. The van der Waals surface area contributed by atoms with E-state index in [4.69, 9.17) is 0 Å². The molecule has 1 aromatic rings. The van der Waals surface area contributed by atoms with Crippen LogP contribution in [0.5, 0.6) is 0 Å². The molecule has 0 radical (unpaired) electrons. The first-order valence-electron chi connectivity index (χ1n) is 10.1. The van der Waals surface area contributed by atoms with E-state index in [9.17, 15) is 9.59 Å². The molecular formula is C20H28N4O2S. The zero-order valence-electron chi connectivity index (χ0n) is 15.9. The number of hydrogen-bond donors (Lipinski definition) is 1. The zero-order valence-corrected chi connectivity index (χ0v) is 16.7. The molecule has 0 spiro atoms. The summed E-state index contributed by atoms with van der Waals surface area (Å²) in [5.74, 6) is 0.225. The first-order chi connectivity index (χ1) is 13.1. The lowest BCUT2D eigenvalue weighted by molar-refractivity contribution is -0.129. The number of nitrogens with one attached hydrogen (secondary N) is 1. The van der Waals surface area contributed by atoms with Gasteiger partial charge in [0, 0.05) is 37.9 Å². The van der Waals surface area contributed by atoms with Gasteiger partial charge in [0.15, 0.2) is 0 Å². The molecule has 2 amide bonds. The van der Waals surface area contributed by atoms with Crippen molar-refractivity contribution in [2.24, 2.45) is 0 Å². The minimum atomic E-state index is -0.230. The number of likely N-dealkylation sites (tertiary alicyclic amines) is 1. The Balaban J connectivity index is 1.52. The van der Waals surface area contributed by atoms with Gasteiger partial charge in [-0.05, 0) is 57.7 Å². The summed E-state index contributed by atoms with van der Waals surface area (Å²) in [6.45, 7) is 5.47. The Morgan fingerprint density at radius 2 is 2.00 bits per heavy atom. The van der Waals surface area contributed by atoms with E-state index in [-0.39, 0.29) is 23.1 Å². The molecule has 4 heterocycles. The molecule has 3 aliphatic rings. The SMILES string of the molecule is CC(Sc1ncccc1C(=O)N1C2CCNCC1CC2)C(=O)N1CCCC1. The molecule has 3 saturated heterocycles. The summed E-state index contributed by atoms with van der Waals surface area (Å²) in [7, 11) is 0. The molecule has 3 unspecified atom stereocenters. The average Bonchev–Trinajstić information content (AvgIpc) is 3.28. The highest BCUT2D eigenvalue weighted by molar-refractivity contribution is 8.00. The van der Waals surface area contributed by atoms with Crippen molar-refractivity contribution in [2.45, 2.75) is 61.4 Å². The van der Waals surface area contributed by atoms with Crippen molar-refractivity contribution < 1.29 is 9.59 Å². The Bertz CT molecular complexity index is 693. The molecule has 3 aliphatic heterocycles. The third kappa shape index (κ3) is 3.85. The summed E-state index contributed by atoms with van der Waals surface area (Å²) in [5.41, 5.74) is 0.641. The van der Waals surface area contributed by atoms with Crippen molar-refractivity contribution in [3.8, 4) is 0 Å². The molecule has 27 heavy (non-hydrogen) atoms. The van der Waals surface area contributed by atoms with Crippen LogP contribution in [0.2, 0.25) is 0 Å². The van der Waals surface area contributed by atoms with Gasteiger partial charge in [-0.3, -0.25) is 9.59 Å². The number of amides is 2. The zero-order chi connectivity index (χ0) is 18.8. The summed E-state index contributed by atoms with van der Waals surface area (Å²) < 4.78 is 0. The van der Waals surface area contributed by atoms with Crippen LogP contribution >= 0.6 is 11.8 Å². The van der Waals surface area contributed by atoms with E-state index in [1.54, 1.807) is 6.20 Å². The van der Waals surface area contributed by atoms with Gasteiger partial charge < -0.3 is 15.1 Å². The number of aromatic nitrogens is 1. The number of pyridine rings is 1. The second kappa shape index (κ2) is 8.19. The molecule has 146 valence electrons. The van der Waals surface area contributed by atoms with E-state index in [1.165, 1.54) is 11.8 Å². The smallest absolute Gasteiger partial charge is 0.257 e. The van der Waals surface area contributed by atoms with E-state index >= 15 is 0 Å². The molecule has 0 saturated carbocycles. The van der Waals surface area contributed by atoms with E-state index in [0.29, 0.717) is 16.6 Å². The van der Waals surface area contributed by atoms with Crippen LogP contribution in [0.4, 0.5) is 0 Å². The van der Waals surface area contributed by atoms with E-state index in [2.05, 4.69) is 15.2 Å². The predicted octanol–water partition coefficient (Wildman–Crippen LogP) is 2.15. The lowest BCUT2D eigenvalue weighted by Crippen LogP contribution is -2.42. The quantitative estimate of drug-likeness (QED) is 0.801. The van der Waals surface area contributed by atoms with E-state index < -0.39 is 0 Å². The molecule has 0 aliphatic carbocycles. The summed E-state index contributed by atoms with van der Waals surface area (Å²) in [5, 5.41) is 3.89. The molecule has 0 aromatic carbocycles. The van der Waals surface area contributed by atoms with Gasteiger partial charge in [0.1, 0.15) is 5.03 Å². The first-order valence-corrected chi connectivity index (χ1v) is 11.0. The Morgan fingerprint density at radius 3 is 2.81 bits per heavy atom. The molecule has 6 nitrogen and oxygen atoms in total. The summed E-state index contributed by atoms with van der Waals surface area (Å²) in [6, 6.07) is 4.27. The number of carbonyl (C=O) groups excluding carboxylic acids is 2. The van der Waals surface area contributed by atoms with E-state index in [1.807, 2.05) is 24.0 Å². The first kappa shape index (κ1) is 18.7. The Kier molecular flexibility index (Phi) is 5.68. The molecule has 1 N–H and O–H groups in total. The van der Waals surface area contributed by atoms with Crippen molar-refractivity contribution in [3.63, 3.8) is 0 Å². The summed E-state index contributed by atoms with van der Waals surface area (Å²) in [6.07, 6.45) is 7.05. The molecule has 4 rings (SSSR count). The summed E-state index contributed by atoms with van der Waals surface area (Å²) in [4.78, 5) is 34.5. The second-order valence-electron chi connectivity index (χ2n) is 7.74. The highest BCUT2D eigenvalue weighted by Gasteiger charge is 2.39. The average molecular weight is 389 g/mol. The van der Waals surface area contributed by atoms with E-state index in [0.717, 1.165) is 58.3 Å². The lowest BCUT2D eigenvalue weighted by Gasteiger charge is -2.28. The van der Waals surface area contributed by atoms with Crippen LogP contribution in [0.3, 0.4) is 0 Å². The number of rotatable bonds is 4. The Morgan fingerprint density at radius 1 is 1.22 bits per heavy atom. The number of fused-ring (bicyclic) bond motifs is 2. The third-order valence-electron chi connectivity index (χ3n) is 5.94. The van der Waals surface area contributed by atoms with Gasteiger partial charge in [0.05, 0.1) is 10.8 Å². The van der Waals surface area contributed by atoms with Gasteiger partial charge in [0.25, 0.3) is 5.91 Å². The van der Waals surface area contributed by atoms with Crippen molar-refractivity contribution in [2.75, 3.05) is 26.2 Å². The lowest BCUT2D eigenvalue weighted by atomic mass is 10.1. The molecule has 1 aromatic heterocycles. The molecule has 3 atom stereocenters. The highest BCUT2D eigenvalue weighted by Crippen LogP contribution is 2.33. The van der Waals surface area contributed by atoms with Crippen LogP contribution in [0, 0.1) is 0 Å². The molecule has 3 fully saturated rings. The second-order valence-corrected chi connectivity index (χ2v) is 9.07. The maximum atomic E-state index is 13.4. The van der Waals surface area contributed by atoms with Crippen LogP contribution in [-0.4, -0.2) is 70.1 Å². The van der Waals surface area contributed by atoms with Crippen LogP contribution in [0.25, 0.3) is 0 Å². The molecule has 2 bridgehead atoms. The molecule has 7 heteroatoms. The fraction of sp³-hybridized carbons (Fsp3) is 0.650. The van der Waals surface area contributed by atoms with Crippen molar-refractivity contribution in [3.05, 3.63) is 23.9 Å². The Hall–Kier alpha value is -1.60. The number of hydrogen-bond acceptors (Lipinski definition) is 5. The molecular weight excluding hydrogens is 360 g/mol. The van der Waals surface area contributed by atoms with Crippen LogP contribution in [0.15, 0.2) is 23.4 Å². The van der Waals surface area contributed by atoms with Gasteiger partial charge in [0.2, 0.25) is 5.91 Å². The van der Waals surface area contributed by atoms with Gasteiger partial charge in [-0.1, -0.05) is 11.8 Å². The van der Waals surface area contributed by atoms with Crippen LogP contribution < -0.4 is 5.32 Å². The monoisotopic (exact) mass is 388 g/mol. The normalized spacial score (nSPS) is 26.1. The third-order valence-corrected chi connectivity index (χ3v) is 7.05. The number of thioether (sulfide) groups is 1. The predicted molar refractivity (Wildman–Crippen MR) is 106 cm³/mol. The number of carbonyl (C=O) groups is 2. The minimum absolute atomic E-state index is 0.0719. The maximum absolute atomic E-state index is 13.4. The van der Waals surface area contributed by atoms with Crippen molar-refractivity contribution in [1.82, 2.24) is 20.1 Å². The highest BCUT2D eigenvalue weighted by atomic mass is 32.2. The van der Waals surface area contributed by atoms with Gasteiger partial charge in [-0.2, -0.15) is 0 Å². The van der Waals surface area contributed by atoms with Crippen LogP contribution in [0.1, 0.15) is 49.4 Å². The van der Waals surface area contributed by atoms with Crippen LogP contribution in [-0.2, 0) is 4.79 Å². The maximum Gasteiger partial charge on any atom is 0.257 e. The van der Waals surface area contributed by atoms with Crippen molar-refractivity contribution in [1.29, 1.82) is 0 Å². The topological polar surface area (TPSA) is 65.5 Å². The largest absolute Gasteiger partial charge is 0.342 e. The Labute approximate surface area is 165 Å². The standard InChI is InChI=1S/C20H28N4O2S/c1-14(19(25)23-11-2-3-12-23)27-18-17(5-4-9-22-18)20(26)24-15-6-7-16(24)13-21-10-8-15/h4-5,9,14-16,21H,2-3,6-8,10-13H2,1H3.